The average molecular weight is 299 g/mol. The van der Waals surface area contributed by atoms with Crippen LogP contribution >= 0.6 is 15.9 Å². The molecule has 1 amide bonds. The number of aromatic amines is 1. The molecule has 0 aliphatic heterocycles. The standard InChI is InChI=1S/C10H8BrFN4O/c1-5-13-10(16-15-5)14-9(17)7-3-2-6(12)4-8(7)11/h2-4H,1H3,(H2,13,14,15,16,17). The summed E-state index contributed by atoms with van der Waals surface area (Å²) in [5.41, 5.74) is 0.314. The molecule has 0 fully saturated rings. The Bertz CT molecular complexity index is 569. The minimum atomic E-state index is -0.415. The fourth-order valence-electron chi connectivity index (χ4n) is 1.24. The Morgan fingerprint density at radius 3 is 2.88 bits per heavy atom. The molecule has 2 rings (SSSR count). The number of carbonyl (C=O) groups excluding carboxylic acids is 1. The van der Waals surface area contributed by atoms with E-state index >= 15 is 0 Å². The average Bonchev–Trinajstić information content (AvgIpc) is 2.63. The Morgan fingerprint density at radius 2 is 2.29 bits per heavy atom. The fraction of sp³-hybridized carbons (Fsp3) is 0.100. The maximum atomic E-state index is 12.8. The largest absolute Gasteiger partial charge is 0.289 e. The Morgan fingerprint density at radius 1 is 1.53 bits per heavy atom. The molecule has 0 atom stereocenters. The van der Waals surface area contributed by atoms with Gasteiger partial charge in [-0.3, -0.25) is 15.2 Å². The van der Waals surface area contributed by atoms with E-state index in [1.807, 2.05) is 0 Å². The van der Waals surface area contributed by atoms with Crippen molar-refractivity contribution in [3.63, 3.8) is 0 Å². The summed E-state index contributed by atoms with van der Waals surface area (Å²) >= 11 is 3.12. The number of hydrogen-bond donors (Lipinski definition) is 2. The summed E-state index contributed by atoms with van der Waals surface area (Å²) in [7, 11) is 0. The fourth-order valence-corrected chi connectivity index (χ4v) is 1.77. The van der Waals surface area contributed by atoms with Gasteiger partial charge in [0, 0.05) is 4.47 Å². The van der Waals surface area contributed by atoms with Gasteiger partial charge in [0.25, 0.3) is 5.91 Å². The molecule has 0 saturated carbocycles. The lowest BCUT2D eigenvalue weighted by Crippen LogP contribution is -2.13. The summed E-state index contributed by atoms with van der Waals surface area (Å²) in [6.45, 7) is 1.72. The Kier molecular flexibility index (Phi) is 3.19. The van der Waals surface area contributed by atoms with E-state index in [-0.39, 0.29) is 5.95 Å². The minimum Gasteiger partial charge on any atom is -0.289 e. The third-order valence-electron chi connectivity index (χ3n) is 2.00. The molecule has 2 N–H and O–H groups in total. The van der Waals surface area contributed by atoms with Gasteiger partial charge in [-0.25, -0.2) is 4.39 Å². The van der Waals surface area contributed by atoms with Crippen molar-refractivity contribution in [2.24, 2.45) is 0 Å². The smallest absolute Gasteiger partial charge is 0.259 e. The molecule has 17 heavy (non-hydrogen) atoms. The van der Waals surface area contributed by atoms with Crippen LogP contribution in [0.1, 0.15) is 16.2 Å². The van der Waals surface area contributed by atoms with Gasteiger partial charge in [-0.1, -0.05) is 0 Å². The number of hydrogen-bond acceptors (Lipinski definition) is 3. The summed E-state index contributed by atoms with van der Waals surface area (Å²) in [6, 6.07) is 3.81. The van der Waals surface area contributed by atoms with Gasteiger partial charge in [0.1, 0.15) is 11.6 Å². The highest BCUT2D eigenvalue weighted by Gasteiger charge is 2.12. The third-order valence-corrected chi connectivity index (χ3v) is 2.65. The van der Waals surface area contributed by atoms with Crippen molar-refractivity contribution in [2.75, 3.05) is 5.32 Å². The SMILES string of the molecule is Cc1nc(NC(=O)c2ccc(F)cc2Br)n[nH]1. The normalized spacial score (nSPS) is 10.3. The molecule has 7 heteroatoms. The van der Waals surface area contributed by atoms with Crippen LogP contribution in [0.3, 0.4) is 0 Å². The van der Waals surface area contributed by atoms with E-state index in [9.17, 15) is 9.18 Å². The van der Waals surface area contributed by atoms with Crippen molar-refractivity contribution in [1.82, 2.24) is 15.2 Å². The van der Waals surface area contributed by atoms with Crippen molar-refractivity contribution < 1.29 is 9.18 Å². The first-order valence-corrected chi connectivity index (χ1v) is 5.51. The van der Waals surface area contributed by atoms with Gasteiger partial charge >= 0.3 is 0 Å². The molecular formula is C10H8BrFN4O. The minimum absolute atomic E-state index is 0.184. The number of halogens is 2. The maximum Gasteiger partial charge on any atom is 0.259 e. The monoisotopic (exact) mass is 298 g/mol. The molecule has 2 aromatic rings. The number of aryl methyl sites for hydroxylation is 1. The maximum absolute atomic E-state index is 12.8. The predicted molar refractivity (Wildman–Crippen MR) is 63.2 cm³/mol. The van der Waals surface area contributed by atoms with Crippen LogP contribution in [-0.2, 0) is 0 Å². The van der Waals surface area contributed by atoms with Crippen molar-refractivity contribution in [1.29, 1.82) is 0 Å². The van der Waals surface area contributed by atoms with Crippen LogP contribution < -0.4 is 5.32 Å². The van der Waals surface area contributed by atoms with Gasteiger partial charge < -0.3 is 0 Å². The first-order chi connectivity index (χ1) is 8.06. The first-order valence-electron chi connectivity index (χ1n) is 4.71. The van der Waals surface area contributed by atoms with Gasteiger partial charge in [0.05, 0.1) is 5.56 Å². The first kappa shape index (κ1) is 11.7. The van der Waals surface area contributed by atoms with Crippen molar-refractivity contribution in [3.05, 3.63) is 39.9 Å². The highest BCUT2D eigenvalue weighted by molar-refractivity contribution is 9.10. The van der Waals surface area contributed by atoms with Gasteiger partial charge in [0.2, 0.25) is 5.95 Å². The lowest BCUT2D eigenvalue weighted by atomic mass is 10.2. The highest BCUT2D eigenvalue weighted by Crippen LogP contribution is 2.18. The number of H-pyrrole nitrogens is 1. The van der Waals surface area contributed by atoms with E-state index in [1.54, 1.807) is 6.92 Å². The molecular weight excluding hydrogens is 291 g/mol. The Balaban J connectivity index is 2.20. The number of carbonyl (C=O) groups is 1. The van der Waals surface area contributed by atoms with E-state index in [4.69, 9.17) is 0 Å². The number of rotatable bonds is 2. The van der Waals surface area contributed by atoms with Crippen LogP contribution in [0.4, 0.5) is 10.3 Å². The van der Waals surface area contributed by atoms with Crippen molar-refractivity contribution >= 4 is 27.8 Å². The number of nitrogens with one attached hydrogen (secondary N) is 2. The van der Waals surface area contributed by atoms with Crippen LogP contribution in [0, 0.1) is 12.7 Å². The quantitative estimate of drug-likeness (QED) is 0.893. The molecule has 0 aliphatic carbocycles. The summed E-state index contributed by atoms with van der Waals surface area (Å²) in [4.78, 5) is 15.7. The second-order valence-corrected chi connectivity index (χ2v) is 4.18. The molecule has 1 aromatic heterocycles. The number of benzene rings is 1. The van der Waals surface area contributed by atoms with E-state index in [2.05, 4.69) is 36.4 Å². The zero-order valence-electron chi connectivity index (χ0n) is 8.79. The van der Waals surface area contributed by atoms with Gasteiger partial charge in [-0.2, -0.15) is 4.98 Å². The molecule has 0 radical (unpaired) electrons. The molecule has 0 spiro atoms. The van der Waals surface area contributed by atoms with Crippen LogP contribution in [-0.4, -0.2) is 21.1 Å². The highest BCUT2D eigenvalue weighted by atomic mass is 79.9. The number of amides is 1. The lowest BCUT2D eigenvalue weighted by molar-refractivity contribution is 0.102. The van der Waals surface area contributed by atoms with Crippen LogP contribution in [0.25, 0.3) is 0 Å². The van der Waals surface area contributed by atoms with Gasteiger partial charge in [-0.05, 0) is 41.1 Å². The van der Waals surface area contributed by atoms with Crippen molar-refractivity contribution in [3.8, 4) is 0 Å². The van der Waals surface area contributed by atoms with Crippen LogP contribution in [0.5, 0.6) is 0 Å². The summed E-state index contributed by atoms with van der Waals surface area (Å²) in [5, 5.41) is 8.87. The zero-order chi connectivity index (χ0) is 12.4. The molecule has 1 aromatic carbocycles. The molecule has 5 nitrogen and oxygen atoms in total. The van der Waals surface area contributed by atoms with Crippen LogP contribution in [0.2, 0.25) is 0 Å². The van der Waals surface area contributed by atoms with E-state index in [0.717, 1.165) is 0 Å². The molecule has 0 aliphatic rings. The number of nitrogens with zero attached hydrogens (tertiary/aromatic N) is 2. The summed E-state index contributed by atoms with van der Waals surface area (Å²) < 4.78 is 13.2. The van der Waals surface area contributed by atoms with Gasteiger partial charge in [-0.15, -0.1) is 5.10 Å². The Hall–Kier alpha value is -1.76. The Labute approximate surface area is 105 Å². The molecule has 0 saturated heterocycles. The topological polar surface area (TPSA) is 70.7 Å². The van der Waals surface area contributed by atoms with Crippen LogP contribution in [0.15, 0.2) is 22.7 Å². The third kappa shape index (κ3) is 2.68. The number of anilines is 1. The summed E-state index contributed by atoms with van der Waals surface area (Å²) in [6.07, 6.45) is 0. The molecule has 0 bridgehead atoms. The lowest BCUT2D eigenvalue weighted by Gasteiger charge is -2.03. The second kappa shape index (κ2) is 4.62. The number of aromatic nitrogens is 3. The molecule has 0 unspecified atom stereocenters. The predicted octanol–water partition coefficient (Wildman–Crippen LogP) is 2.27. The zero-order valence-corrected chi connectivity index (χ0v) is 10.4. The molecule has 88 valence electrons. The van der Waals surface area contributed by atoms with E-state index in [0.29, 0.717) is 15.9 Å². The second-order valence-electron chi connectivity index (χ2n) is 3.32. The van der Waals surface area contributed by atoms with Crippen molar-refractivity contribution in [2.45, 2.75) is 6.92 Å². The summed E-state index contributed by atoms with van der Waals surface area (Å²) in [5.74, 6) is -0.0414. The molecule has 1 heterocycles. The van der Waals surface area contributed by atoms with Gasteiger partial charge in [0.15, 0.2) is 0 Å². The van der Waals surface area contributed by atoms with E-state index < -0.39 is 11.7 Å². The van der Waals surface area contributed by atoms with E-state index in [1.165, 1.54) is 18.2 Å².